The van der Waals surface area contributed by atoms with Crippen LogP contribution in [0.4, 0.5) is 0 Å². The molecule has 0 saturated carbocycles. The lowest BCUT2D eigenvalue weighted by molar-refractivity contribution is -0.139. The highest BCUT2D eigenvalue weighted by Gasteiger charge is 2.40. The molecule has 1 aromatic carbocycles. The fourth-order valence-corrected chi connectivity index (χ4v) is 9.71. The lowest BCUT2D eigenvalue weighted by Gasteiger charge is -2.30. The number of imidazole rings is 1. The number of phenolic OH excluding ortho intramolecular Hbond substituents is 1. The van der Waals surface area contributed by atoms with Crippen molar-refractivity contribution in [2.75, 3.05) is 33.0 Å². The second-order valence-electron chi connectivity index (χ2n) is 26.0. The van der Waals surface area contributed by atoms with Gasteiger partial charge < -0.3 is 136 Å². The largest absolute Gasteiger partial charge is 0.508 e. The molecule has 43 heteroatoms. The average molecular weight is 1520 g/mol. The van der Waals surface area contributed by atoms with E-state index in [1.165, 1.54) is 78.3 Å². The number of aliphatic carboxylic acids is 2. The third kappa shape index (κ3) is 30.8. The summed E-state index contributed by atoms with van der Waals surface area (Å²) in [6.45, 7) is 8.03. The molecule has 17 atom stereocenters. The molecule has 0 aliphatic carbocycles. The number of nitrogens with zero attached hydrogens (tertiary/aromatic N) is 1. The summed E-state index contributed by atoms with van der Waals surface area (Å²) in [5.74, 6) is -21.9. The summed E-state index contributed by atoms with van der Waals surface area (Å²) in [6, 6.07) is -19.2. The SMILES string of the molecule is CC(C)[C@H](NC(=O)[C@@H](NC(=O)[C@@H](NC(=O)[C@H](CO)NC(=O)[C@H](Cc1ccc(O)cc1)NC(=O)[C@H](CCC(=O)O)NC(=O)[C@@H](NC(=O)[C@@H](NC(=O)[C@H](CO)NC(=O)[C@H](C)NC(=O)[C@@H](NC(=O)[C@@H](N)CO)[C@@H](C)O)[C@@H](C)O)C(C)C)[C@@H](C)O)C(C)C)C(=O)N[C@@H](Cc1cnc[nH]1)C(=O)N[C@@H](CO)C(=O)NCC(=O)O. The number of hydrogen-bond acceptors (Lipinski definition) is 26. The van der Waals surface area contributed by atoms with Crippen molar-refractivity contribution in [2.45, 2.75) is 198 Å². The molecule has 0 aliphatic rings. The van der Waals surface area contributed by atoms with Gasteiger partial charge in [0.15, 0.2) is 0 Å². The first-order valence-corrected chi connectivity index (χ1v) is 33.7. The van der Waals surface area contributed by atoms with Gasteiger partial charge in [-0.2, -0.15) is 0 Å². The fourth-order valence-electron chi connectivity index (χ4n) is 9.71. The van der Waals surface area contributed by atoms with Crippen LogP contribution >= 0.6 is 0 Å². The first kappa shape index (κ1) is 92.5. The van der Waals surface area contributed by atoms with E-state index >= 15 is 0 Å². The van der Waals surface area contributed by atoms with Gasteiger partial charge in [-0.25, -0.2) is 4.98 Å². The van der Waals surface area contributed by atoms with Gasteiger partial charge >= 0.3 is 11.9 Å². The number of nitrogens with one attached hydrogen (secondary N) is 15. The molecule has 0 fully saturated rings. The Labute approximate surface area is 613 Å². The number of aliphatic hydroxyl groups is 7. The van der Waals surface area contributed by atoms with Gasteiger partial charge in [-0.15, -0.1) is 0 Å². The number of hydrogen-bond donors (Lipinski definition) is 26. The van der Waals surface area contributed by atoms with Gasteiger partial charge in [-0.05, 0) is 69.6 Å². The molecule has 2 rings (SSSR count). The number of aliphatic hydroxyl groups excluding tert-OH is 7. The van der Waals surface area contributed by atoms with Gasteiger partial charge in [-0.1, -0.05) is 53.7 Å². The molecule has 43 nitrogen and oxygen atoms in total. The van der Waals surface area contributed by atoms with Crippen molar-refractivity contribution in [3.63, 3.8) is 0 Å². The van der Waals surface area contributed by atoms with E-state index in [-0.39, 0.29) is 17.7 Å². The highest BCUT2D eigenvalue weighted by Crippen LogP contribution is 2.15. The van der Waals surface area contributed by atoms with Crippen LogP contribution in [0.2, 0.25) is 0 Å². The zero-order valence-electron chi connectivity index (χ0n) is 60.4. The van der Waals surface area contributed by atoms with Crippen molar-refractivity contribution in [3.05, 3.63) is 48.0 Å². The second kappa shape index (κ2) is 45.1. The summed E-state index contributed by atoms with van der Waals surface area (Å²) in [6.07, 6.45) is -4.91. The Bertz CT molecular complexity index is 3380. The van der Waals surface area contributed by atoms with Crippen molar-refractivity contribution in [1.29, 1.82) is 0 Å². The third-order valence-corrected chi connectivity index (χ3v) is 16.0. The highest BCUT2D eigenvalue weighted by molar-refractivity contribution is 6.01. The molecule has 0 saturated heterocycles. The van der Waals surface area contributed by atoms with E-state index in [1.807, 2.05) is 5.32 Å². The lowest BCUT2D eigenvalue weighted by atomic mass is 9.98. The predicted molar refractivity (Wildman–Crippen MR) is 368 cm³/mol. The van der Waals surface area contributed by atoms with Crippen molar-refractivity contribution in [3.8, 4) is 5.75 Å². The van der Waals surface area contributed by atoms with Gasteiger partial charge in [0, 0.05) is 31.2 Å². The minimum absolute atomic E-state index is 0.216. The van der Waals surface area contributed by atoms with Crippen molar-refractivity contribution in [2.24, 2.45) is 23.5 Å². The van der Waals surface area contributed by atoms with Gasteiger partial charge in [0.05, 0.1) is 51.1 Å². The minimum atomic E-state index is -2.03. The Morgan fingerprint density at radius 1 is 0.393 bits per heavy atom. The number of benzene rings is 1. The summed E-state index contributed by atoms with van der Waals surface area (Å²) in [4.78, 5) is 221. The molecule has 107 heavy (non-hydrogen) atoms. The number of carboxylic acid groups (broad SMARTS) is 2. The monoisotopic (exact) mass is 1520 g/mol. The van der Waals surface area contributed by atoms with Crippen LogP contribution in [0, 0.1) is 17.8 Å². The summed E-state index contributed by atoms with van der Waals surface area (Å²) in [7, 11) is 0. The molecule has 1 aromatic heterocycles. The molecule has 14 amide bonds. The molecule has 0 bridgehead atoms. The number of carbonyl (C=O) groups is 16. The summed E-state index contributed by atoms with van der Waals surface area (Å²) in [5.41, 5.74) is 5.98. The first-order valence-electron chi connectivity index (χ1n) is 33.7. The Balaban J connectivity index is 2.41. The van der Waals surface area contributed by atoms with Gasteiger partial charge in [0.2, 0.25) is 82.7 Å². The van der Waals surface area contributed by atoms with Gasteiger partial charge in [0.1, 0.15) is 96.9 Å². The number of carboxylic acids is 2. The molecule has 2 aromatic rings. The van der Waals surface area contributed by atoms with Crippen LogP contribution in [0.25, 0.3) is 0 Å². The topological polar surface area (TPSA) is 699 Å². The Hall–Kier alpha value is -10.6. The van der Waals surface area contributed by atoms with Crippen molar-refractivity contribution in [1.82, 2.24) is 84.4 Å². The van der Waals surface area contributed by atoms with E-state index in [9.17, 15) is 123 Å². The maximum atomic E-state index is 14.4. The zero-order valence-corrected chi connectivity index (χ0v) is 60.4. The van der Waals surface area contributed by atoms with E-state index in [0.717, 1.165) is 27.7 Å². The number of aromatic hydroxyl groups is 1. The third-order valence-electron chi connectivity index (χ3n) is 16.0. The van der Waals surface area contributed by atoms with Gasteiger partial charge in [-0.3, -0.25) is 76.7 Å². The Morgan fingerprint density at radius 3 is 1.11 bits per heavy atom. The molecule has 0 spiro atoms. The smallest absolute Gasteiger partial charge is 0.322 e. The quantitative estimate of drug-likeness (QED) is 0.0293. The maximum Gasteiger partial charge on any atom is 0.322 e. The van der Waals surface area contributed by atoms with Crippen molar-refractivity contribution >= 4 is 94.6 Å². The fraction of sp³-hybridized carbons (Fsp3) is 0.609. The van der Waals surface area contributed by atoms with Gasteiger partial charge in [0.25, 0.3) is 0 Å². The van der Waals surface area contributed by atoms with Crippen LogP contribution in [-0.4, -0.2) is 292 Å². The summed E-state index contributed by atoms with van der Waals surface area (Å²) < 4.78 is 0. The summed E-state index contributed by atoms with van der Waals surface area (Å²) in [5, 5.41) is 132. The predicted octanol–water partition coefficient (Wildman–Crippen LogP) is -11.3. The number of carbonyl (C=O) groups excluding carboxylic acids is 14. The molecule has 598 valence electrons. The molecule has 0 unspecified atom stereocenters. The van der Waals surface area contributed by atoms with E-state index < -0.39 is 268 Å². The number of rotatable bonds is 46. The van der Waals surface area contributed by atoms with Crippen molar-refractivity contribution < 1.29 is 128 Å². The average Bonchev–Trinajstić information content (AvgIpc) is 1.24. The lowest BCUT2D eigenvalue weighted by Crippen LogP contribution is -2.64. The van der Waals surface area contributed by atoms with E-state index in [2.05, 4.69) is 79.1 Å². The Morgan fingerprint density at radius 2 is 0.729 bits per heavy atom. The number of aromatic nitrogens is 2. The van der Waals surface area contributed by atoms with Crippen LogP contribution in [0.1, 0.15) is 93.3 Å². The zero-order chi connectivity index (χ0) is 81.4. The number of H-pyrrole nitrogens is 1. The molecule has 27 N–H and O–H groups in total. The van der Waals surface area contributed by atoms with Crippen LogP contribution in [0.15, 0.2) is 36.8 Å². The van der Waals surface area contributed by atoms with E-state index in [1.54, 1.807) is 0 Å². The van der Waals surface area contributed by atoms with Crippen LogP contribution < -0.4 is 80.2 Å². The normalized spacial score (nSPS) is 16.0. The van der Waals surface area contributed by atoms with Crippen LogP contribution in [-0.2, 0) is 89.6 Å². The molecular weight excluding hydrogens is 1420 g/mol. The molecule has 0 aliphatic heterocycles. The number of nitrogens with two attached hydrogens (primary N) is 1. The Kier molecular flexibility index (Phi) is 39.0. The van der Waals surface area contributed by atoms with E-state index in [4.69, 9.17) is 10.8 Å². The summed E-state index contributed by atoms with van der Waals surface area (Å²) >= 11 is 0. The highest BCUT2D eigenvalue weighted by atomic mass is 16.4. The second-order valence-corrected chi connectivity index (χ2v) is 26.0. The number of phenols is 1. The maximum absolute atomic E-state index is 14.4. The number of amides is 14. The number of aromatic amines is 1. The molecule has 1 heterocycles. The molecule has 0 radical (unpaired) electrons. The van der Waals surface area contributed by atoms with Crippen LogP contribution in [0.5, 0.6) is 5.75 Å². The first-order chi connectivity index (χ1) is 50.0. The minimum Gasteiger partial charge on any atom is -0.508 e. The molecular formula is C64H101N17O26. The standard InChI is InChI=1S/C64H101N17O26/c1-26(2)45(77-63(106)49(31(9)87)80-57(100)41(23-84)73-51(94)29(7)69-62(105)48(30(8)86)79-52(95)36(65)21-82)59(102)70-37(15-16-43(90)91)54(97)71-38(17-33-11-13-35(89)14-12-33)55(98)75-42(24-85)58(101)81-50(32(10)88)64(107)78-47(28(5)6)61(104)76-46(27(3)4)60(103)72-39(18-34-19-66-25-68-34)56(99)74-40(22-83)53(96)67-20-44(92)93/h11-14,19,25-32,36-42,45-50,82-89H,15-18,20-24,65H2,1-10H3,(H,66,68)(H,67,96)(H,69,105)(H,70,102)(H,71,97)(H,72,103)(H,73,94)(H,74,99)(H,75,98)(H,76,104)(H,77,106)(H,78,107)(H,79,95)(H,80,100)(H,81,101)(H,90,91)(H,92,93)/t29-,30+,31+,32+,36-,37-,38-,39-,40-,41-,42-,45-,46-,47-,48-,49-,50-/m0/s1. The van der Waals surface area contributed by atoms with E-state index in [0.29, 0.717) is 5.69 Å². The van der Waals surface area contributed by atoms with Crippen LogP contribution in [0.3, 0.4) is 0 Å².